The highest BCUT2D eigenvalue weighted by molar-refractivity contribution is 7.89. The number of sulfonamides is 1. The lowest BCUT2D eigenvalue weighted by atomic mass is 10.0. The quantitative estimate of drug-likeness (QED) is 0.908. The van der Waals surface area contributed by atoms with Crippen LogP contribution in [0.5, 0.6) is 0 Å². The van der Waals surface area contributed by atoms with Gasteiger partial charge in [0.1, 0.15) is 0 Å². The largest absolute Gasteiger partial charge is 0.315 e. The van der Waals surface area contributed by atoms with Gasteiger partial charge in [0.05, 0.1) is 4.90 Å². The van der Waals surface area contributed by atoms with Crippen LogP contribution in [0, 0.1) is 12.8 Å². The summed E-state index contributed by atoms with van der Waals surface area (Å²) < 4.78 is 27.7. The molecule has 0 saturated carbocycles. The molecule has 0 aliphatic carbocycles. The van der Waals surface area contributed by atoms with Gasteiger partial charge in [-0.2, -0.15) is 4.31 Å². The first-order chi connectivity index (χ1) is 9.43. The maximum Gasteiger partial charge on any atom is 0.243 e. The molecule has 2 aliphatic heterocycles. The van der Waals surface area contributed by atoms with Crippen molar-refractivity contribution in [1.82, 2.24) is 9.62 Å². The Bertz CT molecular complexity index is 632. The summed E-state index contributed by atoms with van der Waals surface area (Å²) in [7, 11) is -3.49. The molecular weight excluding hydrogens is 296 g/mol. The van der Waals surface area contributed by atoms with Crippen LogP contribution in [-0.2, 0) is 10.0 Å². The molecule has 2 heterocycles. The highest BCUT2D eigenvalue weighted by atomic mass is 35.5. The summed E-state index contributed by atoms with van der Waals surface area (Å²) in [4.78, 5) is 0.337. The van der Waals surface area contributed by atoms with E-state index in [0.717, 1.165) is 19.5 Å². The number of fused-ring (bicyclic) bond motifs is 1. The molecule has 1 N–H and O–H groups in total. The van der Waals surface area contributed by atoms with Gasteiger partial charge in [-0.15, -0.1) is 0 Å². The Balaban J connectivity index is 2.05. The second-order valence-corrected chi connectivity index (χ2v) is 7.99. The third-order valence-corrected chi connectivity index (χ3v) is 7.08. The fourth-order valence-electron chi connectivity index (χ4n) is 3.52. The summed E-state index contributed by atoms with van der Waals surface area (Å²) in [5.74, 6) is 0.430. The minimum atomic E-state index is -3.49. The van der Waals surface area contributed by atoms with Crippen LogP contribution in [0.15, 0.2) is 23.1 Å². The number of rotatable bonds is 2. The maximum absolute atomic E-state index is 13.0. The Morgan fingerprint density at radius 2 is 2.10 bits per heavy atom. The van der Waals surface area contributed by atoms with Crippen LogP contribution in [0.2, 0.25) is 5.02 Å². The van der Waals surface area contributed by atoms with E-state index in [2.05, 4.69) is 5.32 Å². The zero-order valence-electron chi connectivity index (χ0n) is 11.6. The molecule has 110 valence electrons. The maximum atomic E-state index is 13.0. The van der Waals surface area contributed by atoms with Gasteiger partial charge in [0, 0.05) is 23.7 Å². The van der Waals surface area contributed by atoms with E-state index in [1.165, 1.54) is 0 Å². The van der Waals surface area contributed by atoms with Crippen molar-refractivity contribution >= 4 is 21.6 Å². The standard InChI is InChI=1S/C14H19ClN2O2S/c1-9-6-11-7-16-8-13(11)17(9)20(18,19)14-5-3-4-12(15)10(14)2/h3-5,9,11,13,16H,6-8H2,1-2H3. The molecule has 2 saturated heterocycles. The lowest BCUT2D eigenvalue weighted by Gasteiger charge is -2.27. The van der Waals surface area contributed by atoms with Crippen molar-refractivity contribution in [2.24, 2.45) is 5.92 Å². The molecule has 0 amide bonds. The summed E-state index contributed by atoms with van der Waals surface area (Å²) in [6.07, 6.45) is 0.927. The summed E-state index contributed by atoms with van der Waals surface area (Å²) in [6, 6.07) is 5.21. The zero-order valence-corrected chi connectivity index (χ0v) is 13.2. The van der Waals surface area contributed by atoms with Gasteiger partial charge in [-0.05, 0) is 50.4 Å². The molecule has 1 aromatic rings. The van der Waals surface area contributed by atoms with Crippen molar-refractivity contribution in [3.05, 3.63) is 28.8 Å². The summed E-state index contributed by atoms with van der Waals surface area (Å²) >= 11 is 6.08. The SMILES string of the molecule is Cc1c(Cl)cccc1S(=O)(=O)N1C(C)CC2CNCC21. The first-order valence-electron chi connectivity index (χ1n) is 6.92. The highest BCUT2D eigenvalue weighted by Crippen LogP contribution is 2.38. The number of hydrogen-bond acceptors (Lipinski definition) is 3. The van der Waals surface area contributed by atoms with Gasteiger partial charge < -0.3 is 5.32 Å². The second kappa shape index (κ2) is 4.98. The Morgan fingerprint density at radius 3 is 2.85 bits per heavy atom. The van der Waals surface area contributed by atoms with E-state index in [0.29, 0.717) is 21.4 Å². The first-order valence-corrected chi connectivity index (χ1v) is 8.74. The van der Waals surface area contributed by atoms with Crippen molar-refractivity contribution < 1.29 is 8.42 Å². The van der Waals surface area contributed by atoms with Crippen LogP contribution in [0.1, 0.15) is 18.9 Å². The summed E-state index contributed by atoms with van der Waals surface area (Å²) in [5, 5.41) is 3.79. The summed E-state index contributed by atoms with van der Waals surface area (Å²) in [6.45, 7) is 5.42. The third kappa shape index (κ3) is 2.08. The van der Waals surface area contributed by atoms with Crippen LogP contribution in [0.25, 0.3) is 0 Å². The number of nitrogens with one attached hydrogen (secondary N) is 1. The van der Waals surface area contributed by atoms with Crippen LogP contribution in [0.4, 0.5) is 0 Å². The van der Waals surface area contributed by atoms with Gasteiger partial charge in [0.2, 0.25) is 10.0 Å². The monoisotopic (exact) mass is 314 g/mol. The molecule has 0 aromatic heterocycles. The van der Waals surface area contributed by atoms with E-state index in [1.807, 2.05) is 6.92 Å². The number of benzene rings is 1. The van der Waals surface area contributed by atoms with E-state index in [4.69, 9.17) is 11.6 Å². The molecule has 1 aromatic carbocycles. The predicted molar refractivity (Wildman–Crippen MR) is 79.4 cm³/mol. The van der Waals surface area contributed by atoms with Gasteiger partial charge in [-0.1, -0.05) is 17.7 Å². The Labute approximate surface area is 125 Å². The predicted octanol–water partition coefficient (Wildman–Crippen LogP) is 2.02. The van der Waals surface area contributed by atoms with E-state index in [9.17, 15) is 8.42 Å². The average Bonchev–Trinajstić information content (AvgIpc) is 2.91. The molecule has 3 rings (SSSR count). The molecular formula is C14H19ClN2O2S. The van der Waals surface area contributed by atoms with E-state index < -0.39 is 10.0 Å². The van der Waals surface area contributed by atoms with Crippen LogP contribution < -0.4 is 5.32 Å². The Morgan fingerprint density at radius 1 is 1.35 bits per heavy atom. The molecule has 0 spiro atoms. The van der Waals surface area contributed by atoms with Gasteiger partial charge in [0.25, 0.3) is 0 Å². The zero-order chi connectivity index (χ0) is 14.5. The van der Waals surface area contributed by atoms with Gasteiger partial charge in [-0.3, -0.25) is 0 Å². The lowest BCUT2D eigenvalue weighted by Crippen LogP contribution is -2.42. The molecule has 6 heteroatoms. The minimum absolute atomic E-state index is 0.0514. The van der Waals surface area contributed by atoms with Crippen molar-refractivity contribution in [2.45, 2.75) is 37.2 Å². The topological polar surface area (TPSA) is 49.4 Å². The molecule has 0 radical (unpaired) electrons. The molecule has 20 heavy (non-hydrogen) atoms. The highest BCUT2D eigenvalue weighted by Gasteiger charge is 2.48. The van der Waals surface area contributed by atoms with Gasteiger partial charge in [-0.25, -0.2) is 8.42 Å². The third-order valence-electron chi connectivity index (χ3n) is 4.48. The molecule has 3 atom stereocenters. The molecule has 2 fully saturated rings. The van der Waals surface area contributed by atoms with E-state index in [1.54, 1.807) is 29.4 Å². The Kier molecular flexibility index (Phi) is 3.57. The number of nitrogens with zero attached hydrogens (tertiary/aromatic N) is 1. The van der Waals surface area contributed by atoms with Crippen LogP contribution in [0.3, 0.4) is 0 Å². The summed E-state index contributed by atoms with van der Waals surface area (Å²) in [5.41, 5.74) is 0.635. The van der Waals surface area contributed by atoms with Gasteiger partial charge in [0.15, 0.2) is 0 Å². The normalized spacial score (nSPS) is 30.6. The number of hydrogen-bond donors (Lipinski definition) is 1. The van der Waals surface area contributed by atoms with Crippen molar-refractivity contribution in [2.75, 3.05) is 13.1 Å². The lowest BCUT2D eigenvalue weighted by molar-refractivity contribution is 0.335. The van der Waals surface area contributed by atoms with Crippen molar-refractivity contribution in [1.29, 1.82) is 0 Å². The first kappa shape index (κ1) is 14.3. The average molecular weight is 315 g/mol. The molecule has 0 bridgehead atoms. The van der Waals surface area contributed by atoms with Crippen LogP contribution >= 0.6 is 11.6 Å². The molecule has 4 nitrogen and oxygen atoms in total. The van der Waals surface area contributed by atoms with Crippen molar-refractivity contribution in [3.8, 4) is 0 Å². The van der Waals surface area contributed by atoms with E-state index in [-0.39, 0.29) is 12.1 Å². The minimum Gasteiger partial charge on any atom is -0.315 e. The van der Waals surface area contributed by atoms with Crippen LogP contribution in [-0.4, -0.2) is 37.9 Å². The molecule has 3 unspecified atom stereocenters. The van der Waals surface area contributed by atoms with Gasteiger partial charge >= 0.3 is 0 Å². The fraction of sp³-hybridized carbons (Fsp3) is 0.571. The number of halogens is 1. The Hall–Kier alpha value is -0.620. The van der Waals surface area contributed by atoms with E-state index >= 15 is 0 Å². The van der Waals surface area contributed by atoms with Crippen molar-refractivity contribution in [3.63, 3.8) is 0 Å². The fourth-order valence-corrected chi connectivity index (χ4v) is 5.89. The second-order valence-electron chi connectivity index (χ2n) is 5.77. The smallest absolute Gasteiger partial charge is 0.243 e. The molecule has 2 aliphatic rings.